The summed E-state index contributed by atoms with van der Waals surface area (Å²) in [7, 11) is 0. The number of benzene rings is 1. The number of rotatable bonds is 5. The van der Waals surface area contributed by atoms with Gasteiger partial charge in [-0.3, -0.25) is 0 Å². The van der Waals surface area contributed by atoms with E-state index in [1.165, 1.54) is 0 Å². The summed E-state index contributed by atoms with van der Waals surface area (Å²) >= 11 is 5.45. The number of hydrogen-bond donors (Lipinski definition) is 1. The van der Waals surface area contributed by atoms with Gasteiger partial charge in [-0.1, -0.05) is 38.3 Å². The highest BCUT2D eigenvalue weighted by atomic mass is 35.5. The van der Waals surface area contributed by atoms with E-state index < -0.39 is 17.7 Å². The minimum atomic E-state index is -0.983. The van der Waals surface area contributed by atoms with Gasteiger partial charge in [-0.05, 0) is 24.5 Å². The highest BCUT2D eigenvalue weighted by Crippen LogP contribution is 2.28. The Morgan fingerprint density at radius 3 is 2.53 bits per heavy atom. The third kappa shape index (κ3) is 3.93. The third-order valence-corrected chi connectivity index (χ3v) is 3.10. The van der Waals surface area contributed by atoms with E-state index in [0.717, 1.165) is 25.0 Å². The fourth-order valence-corrected chi connectivity index (χ4v) is 2.06. The second kappa shape index (κ2) is 6.31. The van der Waals surface area contributed by atoms with E-state index in [1.807, 2.05) is 13.8 Å². The SMILES string of the molecule is CCCC(C)CC(O)c1cc(F)c(Cl)cc1F. The van der Waals surface area contributed by atoms with E-state index in [2.05, 4.69) is 0 Å². The quantitative estimate of drug-likeness (QED) is 0.776. The van der Waals surface area contributed by atoms with Crippen LogP contribution in [0.5, 0.6) is 0 Å². The highest BCUT2D eigenvalue weighted by Gasteiger charge is 2.18. The molecule has 0 heterocycles. The second-order valence-electron chi connectivity index (χ2n) is 4.43. The molecule has 0 aliphatic carbocycles. The Labute approximate surface area is 105 Å². The van der Waals surface area contributed by atoms with Gasteiger partial charge in [0.1, 0.15) is 11.6 Å². The van der Waals surface area contributed by atoms with Gasteiger partial charge in [0.15, 0.2) is 0 Å². The Morgan fingerprint density at radius 2 is 1.94 bits per heavy atom. The molecular formula is C13H17ClF2O. The minimum Gasteiger partial charge on any atom is -0.388 e. The first-order chi connectivity index (χ1) is 7.95. The molecule has 0 aliphatic rings. The van der Waals surface area contributed by atoms with Gasteiger partial charge in [0, 0.05) is 5.56 Å². The molecule has 0 spiro atoms. The summed E-state index contributed by atoms with van der Waals surface area (Å²) in [5.41, 5.74) is -0.0187. The van der Waals surface area contributed by atoms with Crippen molar-refractivity contribution in [2.75, 3.05) is 0 Å². The average molecular weight is 263 g/mol. The van der Waals surface area contributed by atoms with E-state index in [4.69, 9.17) is 11.6 Å². The molecule has 0 amide bonds. The van der Waals surface area contributed by atoms with Crippen molar-refractivity contribution in [3.8, 4) is 0 Å². The Balaban J connectivity index is 2.81. The number of hydrogen-bond acceptors (Lipinski definition) is 1. The Hall–Kier alpha value is -0.670. The number of aliphatic hydroxyl groups is 1. The average Bonchev–Trinajstić information content (AvgIpc) is 2.23. The van der Waals surface area contributed by atoms with Crippen molar-refractivity contribution in [3.05, 3.63) is 34.4 Å². The molecule has 0 saturated heterocycles. The third-order valence-electron chi connectivity index (χ3n) is 2.81. The summed E-state index contributed by atoms with van der Waals surface area (Å²) in [5, 5.41) is 9.60. The predicted octanol–water partition coefficient (Wildman–Crippen LogP) is 4.48. The maximum Gasteiger partial charge on any atom is 0.142 e. The fraction of sp³-hybridized carbons (Fsp3) is 0.538. The predicted molar refractivity (Wildman–Crippen MR) is 65.0 cm³/mol. The molecule has 1 nitrogen and oxygen atoms in total. The van der Waals surface area contributed by atoms with Crippen molar-refractivity contribution in [1.29, 1.82) is 0 Å². The summed E-state index contributed by atoms with van der Waals surface area (Å²) in [4.78, 5) is 0. The van der Waals surface area contributed by atoms with Gasteiger partial charge in [0.05, 0.1) is 11.1 Å². The van der Waals surface area contributed by atoms with Crippen LogP contribution in [0.3, 0.4) is 0 Å². The normalized spacial score (nSPS) is 14.7. The second-order valence-corrected chi connectivity index (χ2v) is 4.84. The van der Waals surface area contributed by atoms with Gasteiger partial charge in [-0.2, -0.15) is 0 Å². The largest absolute Gasteiger partial charge is 0.388 e. The molecule has 1 N–H and O–H groups in total. The molecule has 1 aromatic rings. The zero-order valence-corrected chi connectivity index (χ0v) is 10.8. The van der Waals surface area contributed by atoms with Gasteiger partial charge in [0.25, 0.3) is 0 Å². The summed E-state index contributed by atoms with van der Waals surface area (Å²) in [5.74, 6) is -1.09. The maximum absolute atomic E-state index is 13.5. The lowest BCUT2D eigenvalue weighted by Gasteiger charge is -2.17. The van der Waals surface area contributed by atoms with Crippen LogP contribution in [0.1, 0.15) is 44.8 Å². The summed E-state index contributed by atoms with van der Waals surface area (Å²) in [6.45, 7) is 4.03. The van der Waals surface area contributed by atoms with Crippen molar-refractivity contribution in [3.63, 3.8) is 0 Å². The van der Waals surface area contributed by atoms with Crippen LogP contribution in [-0.2, 0) is 0 Å². The molecular weight excluding hydrogens is 246 g/mol. The van der Waals surface area contributed by atoms with Crippen molar-refractivity contribution < 1.29 is 13.9 Å². The first kappa shape index (κ1) is 14.4. The van der Waals surface area contributed by atoms with E-state index in [0.29, 0.717) is 6.42 Å². The van der Waals surface area contributed by atoms with Crippen LogP contribution in [0.25, 0.3) is 0 Å². The van der Waals surface area contributed by atoms with E-state index in [-0.39, 0.29) is 16.5 Å². The van der Waals surface area contributed by atoms with Crippen molar-refractivity contribution >= 4 is 11.6 Å². The molecule has 0 saturated carbocycles. The molecule has 17 heavy (non-hydrogen) atoms. The standard InChI is InChI=1S/C13H17ClF2O/c1-3-4-8(2)5-13(17)9-6-12(16)10(14)7-11(9)15/h6-8,13,17H,3-5H2,1-2H3. The lowest BCUT2D eigenvalue weighted by Crippen LogP contribution is -2.07. The number of halogens is 3. The smallest absolute Gasteiger partial charge is 0.142 e. The minimum absolute atomic E-state index is 0.0187. The van der Waals surface area contributed by atoms with Crippen LogP contribution in [0, 0.1) is 17.6 Å². The van der Waals surface area contributed by atoms with Gasteiger partial charge in [0.2, 0.25) is 0 Å². The molecule has 1 rings (SSSR count). The van der Waals surface area contributed by atoms with Gasteiger partial charge in [-0.25, -0.2) is 8.78 Å². The highest BCUT2D eigenvalue weighted by molar-refractivity contribution is 6.30. The molecule has 0 fully saturated rings. The van der Waals surface area contributed by atoms with Gasteiger partial charge < -0.3 is 5.11 Å². The topological polar surface area (TPSA) is 20.2 Å². The molecule has 0 aromatic heterocycles. The lowest BCUT2D eigenvalue weighted by molar-refractivity contribution is 0.140. The molecule has 4 heteroatoms. The van der Waals surface area contributed by atoms with E-state index in [9.17, 15) is 13.9 Å². The van der Waals surface area contributed by atoms with Crippen LogP contribution in [0.2, 0.25) is 5.02 Å². The Bertz CT molecular complexity index is 382. The van der Waals surface area contributed by atoms with Crippen LogP contribution < -0.4 is 0 Å². The molecule has 0 bridgehead atoms. The van der Waals surface area contributed by atoms with Crippen LogP contribution >= 0.6 is 11.6 Å². The zero-order valence-electron chi connectivity index (χ0n) is 10.0. The lowest BCUT2D eigenvalue weighted by atomic mass is 9.94. The van der Waals surface area contributed by atoms with Crippen molar-refractivity contribution in [2.24, 2.45) is 5.92 Å². The zero-order chi connectivity index (χ0) is 13.0. The Morgan fingerprint density at radius 1 is 1.29 bits per heavy atom. The maximum atomic E-state index is 13.5. The Kier molecular flexibility index (Phi) is 5.34. The fourth-order valence-electron chi connectivity index (χ4n) is 1.91. The first-order valence-corrected chi connectivity index (χ1v) is 6.16. The molecule has 1 aromatic carbocycles. The molecule has 0 radical (unpaired) electrons. The van der Waals surface area contributed by atoms with Crippen molar-refractivity contribution in [1.82, 2.24) is 0 Å². The summed E-state index contributed by atoms with van der Waals surface area (Å²) in [6.07, 6.45) is 1.40. The summed E-state index contributed by atoms with van der Waals surface area (Å²) < 4.78 is 26.7. The molecule has 96 valence electrons. The molecule has 0 aliphatic heterocycles. The first-order valence-electron chi connectivity index (χ1n) is 5.78. The summed E-state index contributed by atoms with van der Waals surface area (Å²) in [6, 6.07) is 1.88. The van der Waals surface area contributed by atoms with Crippen molar-refractivity contribution in [2.45, 2.75) is 39.2 Å². The molecule has 2 atom stereocenters. The van der Waals surface area contributed by atoms with Gasteiger partial charge in [-0.15, -0.1) is 0 Å². The van der Waals surface area contributed by atoms with Crippen LogP contribution in [0.15, 0.2) is 12.1 Å². The van der Waals surface area contributed by atoms with Crippen LogP contribution in [0.4, 0.5) is 8.78 Å². The monoisotopic (exact) mass is 262 g/mol. The number of aliphatic hydroxyl groups excluding tert-OH is 1. The van der Waals surface area contributed by atoms with E-state index >= 15 is 0 Å². The van der Waals surface area contributed by atoms with E-state index in [1.54, 1.807) is 0 Å². The molecule has 2 unspecified atom stereocenters. The van der Waals surface area contributed by atoms with Crippen LogP contribution in [-0.4, -0.2) is 5.11 Å². The van der Waals surface area contributed by atoms with Gasteiger partial charge >= 0.3 is 0 Å².